The molecule has 0 bridgehead atoms. The first kappa shape index (κ1) is 13.8. The van der Waals surface area contributed by atoms with Crippen molar-refractivity contribution in [1.82, 2.24) is 0 Å². The highest BCUT2D eigenvalue weighted by molar-refractivity contribution is 7.91. The Morgan fingerprint density at radius 3 is 2.53 bits per heavy atom. The molecule has 0 aromatic heterocycles. The molecule has 0 amide bonds. The fourth-order valence-corrected chi connectivity index (χ4v) is 3.72. The monoisotopic (exact) mass is 284 g/mol. The van der Waals surface area contributed by atoms with Crippen LogP contribution in [0, 0.1) is 17.0 Å². The zero-order valence-electron chi connectivity index (χ0n) is 10.6. The molecule has 1 heterocycles. The number of nitrogens with zero attached hydrogens (tertiary/aromatic N) is 1. The molecule has 1 saturated heterocycles. The van der Waals surface area contributed by atoms with E-state index in [0.29, 0.717) is 24.1 Å². The Morgan fingerprint density at radius 2 is 1.95 bits per heavy atom. The van der Waals surface area contributed by atoms with E-state index in [4.69, 9.17) is 0 Å². The second-order valence-electron chi connectivity index (χ2n) is 4.78. The lowest BCUT2D eigenvalue weighted by molar-refractivity contribution is -0.385. The summed E-state index contributed by atoms with van der Waals surface area (Å²) in [5.41, 5.74) is 1.37. The number of hydrogen-bond donors (Lipinski definition) is 1. The number of anilines is 1. The summed E-state index contributed by atoms with van der Waals surface area (Å²) in [6.07, 6.45) is 1.09. The van der Waals surface area contributed by atoms with Crippen molar-refractivity contribution in [3.63, 3.8) is 0 Å². The normalized spacial score (nSPS) is 19.0. The number of nitrogens with one attached hydrogen (secondary N) is 1. The van der Waals surface area contributed by atoms with E-state index in [9.17, 15) is 18.5 Å². The van der Waals surface area contributed by atoms with Crippen LogP contribution in [0.4, 0.5) is 11.4 Å². The van der Waals surface area contributed by atoms with Crippen LogP contribution in [-0.4, -0.2) is 30.9 Å². The highest BCUT2D eigenvalue weighted by Crippen LogP contribution is 2.27. The number of nitro benzene ring substituents is 1. The molecule has 1 fully saturated rings. The summed E-state index contributed by atoms with van der Waals surface area (Å²) in [4.78, 5) is 10.4. The van der Waals surface area contributed by atoms with Crippen LogP contribution in [0.5, 0.6) is 0 Å². The highest BCUT2D eigenvalue weighted by atomic mass is 32.2. The maximum absolute atomic E-state index is 11.3. The fraction of sp³-hybridized carbons (Fsp3) is 0.500. The van der Waals surface area contributed by atoms with Crippen molar-refractivity contribution in [3.8, 4) is 0 Å². The van der Waals surface area contributed by atoms with Gasteiger partial charge in [-0.15, -0.1) is 0 Å². The van der Waals surface area contributed by atoms with E-state index in [-0.39, 0.29) is 23.2 Å². The molecular formula is C12H16N2O4S. The van der Waals surface area contributed by atoms with Crippen molar-refractivity contribution in [1.29, 1.82) is 0 Å². The summed E-state index contributed by atoms with van der Waals surface area (Å²) >= 11 is 0. The molecule has 104 valence electrons. The zero-order chi connectivity index (χ0) is 14.0. The van der Waals surface area contributed by atoms with Gasteiger partial charge in [0.25, 0.3) is 5.69 Å². The molecule has 0 saturated carbocycles. The van der Waals surface area contributed by atoms with Gasteiger partial charge in [0, 0.05) is 23.4 Å². The van der Waals surface area contributed by atoms with Crippen molar-refractivity contribution in [2.24, 2.45) is 0 Å². The van der Waals surface area contributed by atoms with Crippen molar-refractivity contribution in [2.75, 3.05) is 16.8 Å². The van der Waals surface area contributed by atoms with Crippen LogP contribution in [0.25, 0.3) is 0 Å². The second kappa shape index (κ2) is 5.16. The molecule has 6 nitrogen and oxygen atoms in total. The predicted molar refractivity (Wildman–Crippen MR) is 73.1 cm³/mol. The van der Waals surface area contributed by atoms with Crippen molar-refractivity contribution in [3.05, 3.63) is 33.9 Å². The lowest BCUT2D eigenvalue weighted by Crippen LogP contribution is -2.32. The molecule has 19 heavy (non-hydrogen) atoms. The third-order valence-electron chi connectivity index (χ3n) is 3.42. The Labute approximate surface area is 111 Å². The smallest absolute Gasteiger partial charge is 0.274 e. The summed E-state index contributed by atoms with van der Waals surface area (Å²) < 4.78 is 22.7. The molecule has 1 N–H and O–H groups in total. The van der Waals surface area contributed by atoms with Crippen molar-refractivity contribution in [2.45, 2.75) is 25.8 Å². The summed E-state index contributed by atoms with van der Waals surface area (Å²) in [7, 11) is -2.89. The van der Waals surface area contributed by atoms with E-state index in [1.54, 1.807) is 19.1 Å². The van der Waals surface area contributed by atoms with Crippen LogP contribution in [0.1, 0.15) is 18.4 Å². The van der Waals surface area contributed by atoms with E-state index in [2.05, 4.69) is 5.32 Å². The number of sulfone groups is 1. The van der Waals surface area contributed by atoms with E-state index in [1.807, 2.05) is 0 Å². The molecule has 0 atom stereocenters. The summed E-state index contributed by atoms with van der Waals surface area (Å²) in [6, 6.07) is 4.94. The van der Waals surface area contributed by atoms with Crippen molar-refractivity contribution >= 4 is 21.2 Å². The van der Waals surface area contributed by atoms with Crippen LogP contribution in [0.15, 0.2) is 18.2 Å². The lowest BCUT2D eigenvalue weighted by atomic mass is 10.1. The molecule has 0 unspecified atom stereocenters. The van der Waals surface area contributed by atoms with Gasteiger partial charge in [0.15, 0.2) is 0 Å². The molecule has 1 aliphatic heterocycles. The summed E-state index contributed by atoms with van der Waals surface area (Å²) in [6.45, 7) is 1.69. The van der Waals surface area contributed by atoms with Crippen LogP contribution in [-0.2, 0) is 9.84 Å². The highest BCUT2D eigenvalue weighted by Gasteiger charge is 2.24. The quantitative estimate of drug-likeness (QED) is 0.676. The standard InChI is InChI=1S/C12H16N2O4S/c1-9-11(3-2-4-12(9)14(15)16)13-10-5-7-19(17,18)8-6-10/h2-4,10,13H,5-8H2,1H3. The van der Waals surface area contributed by atoms with Gasteiger partial charge < -0.3 is 5.32 Å². The molecule has 1 aromatic rings. The minimum atomic E-state index is -2.89. The predicted octanol–water partition coefficient (Wildman–Crippen LogP) is 1.89. The maximum atomic E-state index is 11.3. The van der Waals surface area contributed by atoms with Crippen LogP contribution >= 0.6 is 0 Å². The van der Waals surface area contributed by atoms with Gasteiger partial charge >= 0.3 is 0 Å². The van der Waals surface area contributed by atoms with Crippen LogP contribution in [0.2, 0.25) is 0 Å². The van der Waals surface area contributed by atoms with Gasteiger partial charge in [0.1, 0.15) is 9.84 Å². The molecule has 0 spiro atoms. The maximum Gasteiger partial charge on any atom is 0.274 e. The molecular weight excluding hydrogens is 268 g/mol. The fourth-order valence-electron chi connectivity index (χ4n) is 2.23. The summed E-state index contributed by atoms with van der Waals surface area (Å²) in [5, 5.41) is 14.1. The SMILES string of the molecule is Cc1c(NC2CCS(=O)(=O)CC2)cccc1[N+](=O)[O-]. The molecule has 7 heteroatoms. The van der Waals surface area contributed by atoms with Crippen LogP contribution in [0.3, 0.4) is 0 Å². The molecule has 1 aromatic carbocycles. The Bertz CT molecular complexity index is 584. The van der Waals surface area contributed by atoms with Gasteiger partial charge in [-0.05, 0) is 25.8 Å². The van der Waals surface area contributed by atoms with Crippen molar-refractivity contribution < 1.29 is 13.3 Å². The minimum Gasteiger partial charge on any atom is -0.382 e. The number of nitro groups is 1. The van der Waals surface area contributed by atoms with E-state index in [0.717, 1.165) is 0 Å². The van der Waals surface area contributed by atoms with Gasteiger partial charge in [-0.3, -0.25) is 10.1 Å². The second-order valence-corrected chi connectivity index (χ2v) is 7.08. The third kappa shape index (κ3) is 3.23. The first-order valence-electron chi connectivity index (χ1n) is 6.10. The number of rotatable bonds is 3. The minimum absolute atomic E-state index is 0.0595. The van der Waals surface area contributed by atoms with E-state index < -0.39 is 14.8 Å². The Hall–Kier alpha value is -1.63. The van der Waals surface area contributed by atoms with Gasteiger partial charge in [-0.1, -0.05) is 6.07 Å². The largest absolute Gasteiger partial charge is 0.382 e. The number of benzene rings is 1. The molecule has 0 aliphatic carbocycles. The van der Waals surface area contributed by atoms with Crippen LogP contribution < -0.4 is 5.32 Å². The topological polar surface area (TPSA) is 89.3 Å². The van der Waals surface area contributed by atoms with E-state index in [1.165, 1.54) is 6.07 Å². The third-order valence-corrected chi connectivity index (χ3v) is 5.13. The molecule has 1 aliphatic rings. The molecule has 2 rings (SSSR count). The first-order chi connectivity index (χ1) is 8.89. The molecule has 0 radical (unpaired) electrons. The zero-order valence-corrected chi connectivity index (χ0v) is 11.4. The van der Waals surface area contributed by atoms with Gasteiger partial charge in [-0.2, -0.15) is 0 Å². The average molecular weight is 284 g/mol. The van der Waals surface area contributed by atoms with E-state index >= 15 is 0 Å². The Kier molecular flexibility index (Phi) is 3.75. The van der Waals surface area contributed by atoms with Gasteiger partial charge in [0.2, 0.25) is 0 Å². The summed E-state index contributed by atoms with van der Waals surface area (Å²) in [5.74, 6) is 0.358. The Morgan fingerprint density at radius 1 is 1.32 bits per heavy atom. The van der Waals surface area contributed by atoms with Gasteiger partial charge in [0.05, 0.1) is 16.4 Å². The first-order valence-corrected chi connectivity index (χ1v) is 7.92. The van der Waals surface area contributed by atoms with Gasteiger partial charge in [-0.25, -0.2) is 8.42 Å². The number of hydrogen-bond acceptors (Lipinski definition) is 5. The lowest BCUT2D eigenvalue weighted by Gasteiger charge is -2.24. The average Bonchev–Trinajstić information content (AvgIpc) is 2.34. The Balaban J connectivity index is 2.12.